The molecule has 0 radical (unpaired) electrons. The van der Waals surface area contributed by atoms with Gasteiger partial charge in [0, 0.05) is 17.8 Å². The number of fused-ring (bicyclic) bond motifs is 1. The number of methoxy groups -OCH3 is 1. The van der Waals surface area contributed by atoms with Crippen LogP contribution in [0.1, 0.15) is 56.7 Å². The summed E-state index contributed by atoms with van der Waals surface area (Å²) in [6.07, 6.45) is 3.34. The third kappa shape index (κ3) is 3.60. The van der Waals surface area contributed by atoms with Crippen LogP contribution in [0, 0.1) is 5.82 Å². The second kappa shape index (κ2) is 7.52. The number of hydrogen-bond donors (Lipinski definition) is 1. The molecule has 1 aromatic heterocycles. The molecule has 1 heterocycles. The van der Waals surface area contributed by atoms with Crippen LogP contribution in [0.2, 0.25) is 0 Å². The summed E-state index contributed by atoms with van der Waals surface area (Å²) in [5, 5.41) is 0. The number of H-pyrrole nitrogens is 1. The fourth-order valence-electron chi connectivity index (χ4n) is 4.42. The average molecular weight is 423 g/mol. The zero-order chi connectivity index (χ0) is 22.5. The Hall–Kier alpha value is -3.15. The number of ether oxygens (including phenoxy) is 1. The van der Waals surface area contributed by atoms with Crippen LogP contribution in [-0.2, 0) is 11.8 Å². The van der Waals surface area contributed by atoms with Crippen LogP contribution in [0.15, 0.2) is 46.1 Å². The van der Waals surface area contributed by atoms with Gasteiger partial charge in [0.2, 0.25) is 0 Å². The molecular weight excluding hydrogens is 395 g/mol. The zero-order valence-electron chi connectivity index (χ0n) is 18.5. The lowest BCUT2D eigenvalue weighted by atomic mass is 9.83. The Morgan fingerprint density at radius 2 is 1.90 bits per heavy atom. The van der Waals surface area contributed by atoms with Gasteiger partial charge in [-0.3, -0.25) is 14.3 Å². The molecule has 31 heavy (non-hydrogen) atoms. The van der Waals surface area contributed by atoms with Gasteiger partial charge in [-0.1, -0.05) is 45.9 Å². The van der Waals surface area contributed by atoms with Crippen molar-refractivity contribution in [3.63, 3.8) is 0 Å². The maximum absolute atomic E-state index is 16.0. The summed E-state index contributed by atoms with van der Waals surface area (Å²) < 4.78 is 22.9. The van der Waals surface area contributed by atoms with E-state index in [0.717, 1.165) is 23.0 Å². The van der Waals surface area contributed by atoms with Crippen molar-refractivity contribution in [2.24, 2.45) is 0 Å². The number of halogens is 1. The molecule has 0 bridgehead atoms. The summed E-state index contributed by atoms with van der Waals surface area (Å²) in [6, 6.07) is 8.86. The SMILES string of the molecule is COc1c(C(C)(C)C)cc(-n2ccc(=O)[nH]c2=O)c(F)c1-c1ccc2c(c1)CCC2C. The van der Waals surface area contributed by atoms with Gasteiger partial charge in [0.15, 0.2) is 5.82 Å². The lowest BCUT2D eigenvalue weighted by Gasteiger charge is -2.26. The van der Waals surface area contributed by atoms with E-state index in [4.69, 9.17) is 4.74 Å². The van der Waals surface area contributed by atoms with Crippen molar-refractivity contribution in [2.75, 3.05) is 7.11 Å². The van der Waals surface area contributed by atoms with Crippen molar-refractivity contribution in [3.05, 3.63) is 79.9 Å². The fourth-order valence-corrected chi connectivity index (χ4v) is 4.42. The number of nitrogens with one attached hydrogen (secondary N) is 1. The molecule has 0 spiro atoms. The molecule has 1 N–H and O–H groups in total. The monoisotopic (exact) mass is 422 g/mol. The molecule has 6 heteroatoms. The second-order valence-electron chi connectivity index (χ2n) is 9.25. The van der Waals surface area contributed by atoms with Crippen LogP contribution in [0.25, 0.3) is 16.8 Å². The molecule has 0 saturated heterocycles. The van der Waals surface area contributed by atoms with Crippen molar-refractivity contribution < 1.29 is 9.13 Å². The fraction of sp³-hybridized carbons (Fsp3) is 0.360. The van der Waals surface area contributed by atoms with Gasteiger partial charge in [0.25, 0.3) is 5.56 Å². The highest BCUT2D eigenvalue weighted by atomic mass is 19.1. The lowest BCUT2D eigenvalue weighted by molar-refractivity contribution is 0.396. The second-order valence-corrected chi connectivity index (χ2v) is 9.25. The van der Waals surface area contributed by atoms with Crippen molar-refractivity contribution in [1.82, 2.24) is 9.55 Å². The molecule has 0 fully saturated rings. The van der Waals surface area contributed by atoms with E-state index in [-0.39, 0.29) is 11.1 Å². The van der Waals surface area contributed by atoms with E-state index < -0.39 is 17.1 Å². The Balaban J connectivity index is 2.06. The smallest absolute Gasteiger partial charge is 0.333 e. The van der Waals surface area contributed by atoms with Crippen molar-refractivity contribution >= 4 is 0 Å². The molecule has 0 aliphatic heterocycles. The minimum atomic E-state index is -0.690. The molecule has 0 saturated carbocycles. The van der Waals surface area contributed by atoms with Gasteiger partial charge < -0.3 is 4.74 Å². The van der Waals surface area contributed by atoms with Crippen LogP contribution in [0.3, 0.4) is 0 Å². The van der Waals surface area contributed by atoms with Gasteiger partial charge in [-0.25, -0.2) is 9.18 Å². The summed E-state index contributed by atoms with van der Waals surface area (Å²) >= 11 is 0. The number of nitrogens with zero attached hydrogens (tertiary/aromatic N) is 1. The predicted octanol–water partition coefficient (Wildman–Crippen LogP) is 4.69. The highest BCUT2D eigenvalue weighted by molar-refractivity contribution is 5.77. The minimum absolute atomic E-state index is 0.0795. The molecule has 2 aromatic carbocycles. The normalized spacial score (nSPS) is 15.7. The van der Waals surface area contributed by atoms with E-state index >= 15 is 4.39 Å². The Bertz CT molecular complexity index is 1280. The van der Waals surface area contributed by atoms with Gasteiger partial charge >= 0.3 is 5.69 Å². The van der Waals surface area contributed by atoms with Gasteiger partial charge in [-0.15, -0.1) is 0 Å². The number of aromatic nitrogens is 2. The quantitative estimate of drug-likeness (QED) is 0.666. The lowest BCUT2D eigenvalue weighted by Crippen LogP contribution is -2.28. The molecule has 5 nitrogen and oxygen atoms in total. The Kier molecular flexibility index (Phi) is 5.12. The standard InChI is InChI=1S/C25H27FN2O3/c1-14-6-7-15-12-16(8-9-17(14)15)21-22(26)19(28-11-10-20(29)27-24(28)30)13-18(23(21)31-5)25(2,3)4/h8-14H,6-7H2,1-5H3,(H,27,29,30). The van der Waals surface area contributed by atoms with E-state index in [1.807, 2.05) is 32.9 Å². The molecule has 1 aliphatic carbocycles. The minimum Gasteiger partial charge on any atom is -0.496 e. The maximum atomic E-state index is 16.0. The van der Waals surface area contributed by atoms with Crippen LogP contribution in [0.4, 0.5) is 4.39 Å². The first-order valence-corrected chi connectivity index (χ1v) is 10.5. The molecule has 1 atom stereocenters. The van der Waals surface area contributed by atoms with Gasteiger partial charge in [-0.2, -0.15) is 0 Å². The maximum Gasteiger partial charge on any atom is 0.333 e. The van der Waals surface area contributed by atoms with Crippen molar-refractivity contribution in [2.45, 2.75) is 51.9 Å². The number of aromatic amines is 1. The first-order valence-electron chi connectivity index (χ1n) is 10.5. The molecule has 0 amide bonds. The Labute approximate surface area is 180 Å². The predicted molar refractivity (Wildman–Crippen MR) is 120 cm³/mol. The summed E-state index contributed by atoms with van der Waals surface area (Å²) in [4.78, 5) is 26.2. The highest BCUT2D eigenvalue weighted by Crippen LogP contribution is 2.44. The van der Waals surface area contributed by atoms with Crippen LogP contribution >= 0.6 is 0 Å². The van der Waals surface area contributed by atoms with Crippen LogP contribution < -0.4 is 16.0 Å². The highest BCUT2D eigenvalue weighted by Gasteiger charge is 2.29. The third-order valence-corrected chi connectivity index (χ3v) is 6.10. The van der Waals surface area contributed by atoms with Crippen LogP contribution in [0.5, 0.6) is 5.75 Å². The number of hydrogen-bond acceptors (Lipinski definition) is 3. The summed E-state index contributed by atoms with van der Waals surface area (Å²) in [6.45, 7) is 8.23. The van der Waals surface area contributed by atoms with Gasteiger partial charge in [0.05, 0.1) is 18.4 Å². The summed E-state index contributed by atoms with van der Waals surface area (Å²) in [7, 11) is 1.54. The first-order chi connectivity index (χ1) is 14.6. The molecule has 1 unspecified atom stereocenters. The molecular formula is C25H27FN2O3. The molecule has 162 valence electrons. The van der Waals surface area contributed by atoms with Gasteiger partial charge in [-0.05, 0) is 46.9 Å². The number of rotatable bonds is 3. The average Bonchev–Trinajstić information content (AvgIpc) is 3.07. The van der Waals surface area contributed by atoms with E-state index in [1.54, 1.807) is 6.07 Å². The zero-order valence-corrected chi connectivity index (χ0v) is 18.5. The Morgan fingerprint density at radius 3 is 2.55 bits per heavy atom. The summed E-state index contributed by atoms with van der Waals surface area (Å²) in [5.41, 5.74) is 2.81. The Morgan fingerprint density at radius 1 is 1.16 bits per heavy atom. The van der Waals surface area contributed by atoms with Crippen molar-refractivity contribution in [3.8, 4) is 22.6 Å². The number of benzene rings is 2. The van der Waals surface area contributed by atoms with E-state index in [1.165, 1.54) is 30.5 Å². The first kappa shape index (κ1) is 21.1. The van der Waals surface area contributed by atoms with E-state index in [9.17, 15) is 9.59 Å². The third-order valence-electron chi connectivity index (χ3n) is 6.10. The summed E-state index contributed by atoms with van der Waals surface area (Å²) in [5.74, 6) is 0.384. The topological polar surface area (TPSA) is 64.1 Å². The van der Waals surface area contributed by atoms with E-state index in [2.05, 4.69) is 18.0 Å². The van der Waals surface area contributed by atoms with Crippen molar-refractivity contribution in [1.29, 1.82) is 0 Å². The molecule has 3 aromatic rings. The largest absolute Gasteiger partial charge is 0.496 e. The van der Waals surface area contributed by atoms with Crippen LogP contribution in [-0.4, -0.2) is 16.7 Å². The number of aryl methyl sites for hydroxylation is 1. The molecule has 1 aliphatic rings. The van der Waals surface area contributed by atoms with Gasteiger partial charge in [0.1, 0.15) is 5.75 Å². The molecule has 4 rings (SSSR count). The van der Waals surface area contributed by atoms with E-state index in [0.29, 0.717) is 22.8 Å².